The summed E-state index contributed by atoms with van der Waals surface area (Å²) >= 11 is 5.86. The lowest BCUT2D eigenvalue weighted by Crippen LogP contribution is -2.30. The van der Waals surface area contributed by atoms with Gasteiger partial charge in [-0.1, -0.05) is 60.1 Å². The van der Waals surface area contributed by atoms with Crippen LogP contribution in [0.15, 0.2) is 90.6 Å². The van der Waals surface area contributed by atoms with Crippen LogP contribution in [0.3, 0.4) is 0 Å². The molecule has 0 saturated carbocycles. The molecule has 0 aromatic heterocycles. The first-order valence-corrected chi connectivity index (χ1v) is 8.70. The Balaban J connectivity index is 1.85. The number of carbonyl (C=O) groups excluding carboxylic acids is 2. The first kappa shape index (κ1) is 18.4. The van der Waals surface area contributed by atoms with Gasteiger partial charge in [-0.25, -0.2) is 0 Å². The summed E-state index contributed by atoms with van der Waals surface area (Å²) < 4.78 is 0. The number of halogens is 1. The van der Waals surface area contributed by atoms with Crippen LogP contribution in [0.4, 0.5) is 5.69 Å². The van der Waals surface area contributed by atoms with Crippen molar-refractivity contribution in [1.29, 1.82) is 0 Å². The molecule has 4 nitrogen and oxygen atoms in total. The third-order valence-electron chi connectivity index (χ3n) is 3.74. The number of amides is 2. The minimum atomic E-state index is -0.410. The lowest BCUT2D eigenvalue weighted by Gasteiger charge is -2.11. The van der Waals surface area contributed by atoms with Crippen LogP contribution in [0.25, 0.3) is 6.08 Å². The molecule has 27 heavy (non-hydrogen) atoms. The number of para-hydroxylation sites is 1. The van der Waals surface area contributed by atoms with E-state index in [0.29, 0.717) is 16.3 Å². The third-order valence-corrected chi connectivity index (χ3v) is 3.99. The van der Waals surface area contributed by atoms with E-state index in [2.05, 4.69) is 10.6 Å². The van der Waals surface area contributed by atoms with Gasteiger partial charge in [0.1, 0.15) is 5.70 Å². The maximum absolute atomic E-state index is 12.7. The van der Waals surface area contributed by atoms with E-state index in [-0.39, 0.29) is 5.70 Å². The van der Waals surface area contributed by atoms with E-state index < -0.39 is 11.8 Å². The molecule has 0 heterocycles. The van der Waals surface area contributed by atoms with Crippen LogP contribution in [0, 0.1) is 0 Å². The molecule has 0 bridgehead atoms. The highest BCUT2D eigenvalue weighted by Crippen LogP contribution is 2.13. The first-order valence-electron chi connectivity index (χ1n) is 8.32. The number of anilines is 1. The number of rotatable bonds is 5. The molecule has 0 aliphatic carbocycles. The second-order valence-corrected chi connectivity index (χ2v) is 6.19. The molecule has 0 spiro atoms. The summed E-state index contributed by atoms with van der Waals surface area (Å²) in [5.74, 6) is -0.801. The maximum Gasteiger partial charge on any atom is 0.272 e. The van der Waals surface area contributed by atoms with Crippen molar-refractivity contribution in [2.75, 3.05) is 5.32 Å². The van der Waals surface area contributed by atoms with Crippen molar-refractivity contribution in [1.82, 2.24) is 5.32 Å². The van der Waals surface area contributed by atoms with Gasteiger partial charge in [-0.3, -0.25) is 9.59 Å². The first-order chi connectivity index (χ1) is 13.1. The minimum absolute atomic E-state index is 0.144. The average Bonchev–Trinajstić information content (AvgIpc) is 2.69. The molecule has 0 aliphatic rings. The summed E-state index contributed by atoms with van der Waals surface area (Å²) in [6.07, 6.45) is 1.63. The van der Waals surface area contributed by atoms with Gasteiger partial charge in [-0.15, -0.1) is 0 Å². The number of hydrogen-bond acceptors (Lipinski definition) is 2. The zero-order valence-electron chi connectivity index (χ0n) is 14.4. The predicted molar refractivity (Wildman–Crippen MR) is 108 cm³/mol. The van der Waals surface area contributed by atoms with Crippen molar-refractivity contribution >= 4 is 35.2 Å². The molecule has 5 heteroatoms. The van der Waals surface area contributed by atoms with Gasteiger partial charge in [-0.05, 0) is 48.0 Å². The Morgan fingerprint density at radius 1 is 0.778 bits per heavy atom. The van der Waals surface area contributed by atoms with E-state index in [9.17, 15) is 9.59 Å². The van der Waals surface area contributed by atoms with Crippen molar-refractivity contribution in [3.63, 3.8) is 0 Å². The zero-order valence-corrected chi connectivity index (χ0v) is 15.1. The molecule has 0 saturated heterocycles. The number of benzene rings is 3. The topological polar surface area (TPSA) is 58.2 Å². The summed E-state index contributed by atoms with van der Waals surface area (Å²) in [5.41, 5.74) is 1.99. The van der Waals surface area contributed by atoms with Crippen LogP contribution in [-0.2, 0) is 4.79 Å². The SMILES string of the molecule is O=C(Nc1ccccc1)/C(=C/c1ccccc1)NC(=O)c1ccc(Cl)cc1. The van der Waals surface area contributed by atoms with Crippen LogP contribution in [0.1, 0.15) is 15.9 Å². The lowest BCUT2D eigenvalue weighted by atomic mass is 10.1. The standard InChI is InChI=1S/C22H17ClN2O2/c23-18-13-11-17(12-14-18)21(26)25-20(15-16-7-3-1-4-8-16)22(27)24-19-9-5-2-6-10-19/h1-15H,(H,24,27)(H,25,26)/b20-15-. The molecule has 134 valence electrons. The maximum atomic E-state index is 12.7. The molecule has 3 rings (SSSR count). The molecule has 0 aliphatic heterocycles. The normalized spacial score (nSPS) is 10.9. The Kier molecular flexibility index (Phi) is 6.02. The molecule has 0 radical (unpaired) electrons. The van der Waals surface area contributed by atoms with Crippen LogP contribution in [0.2, 0.25) is 5.02 Å². The summed E-state index contributed by atoms with van der Waals surface area (Å²) in [7, 11) is 0. The molecule has 0 atom stereocenters. The lowest BCUT2D eigenvalue weighted by molar-refractivity contribution is -0.113. The Morgan fingerprint density at radius 2 is 1.37 bits per heavy atom. The average molecular weight is 377 g/mol. The van der Waals surface area contributed by atoms with Gasteiger partial charge in [-0.2, -0.15) is 0 Å². The molecular weight excluding hydrogens is 360 g/mol. The van der Waals surface area contributed by atoms with Gasteiger partial charge in [0, 0.05) is 16.3 Å². The van der Waals surface area contributed by atoms with Crippen molar-refractivity contribution < 1.29 is 9.59 Å². The number of hydrogen-bond donors (Lipinski definition) is 2. The second kappa shape index (κ2) is 8.83. The van der Waals surface area contributed by atoms with Crippen LogP contribution >= 0.6 is 11.6 Å². The largest absolute Gasteiger partial charge is 0.321 e. The summed E-state index contributed by atoms with van der Waals surface area (Å²) in [6, 6.07) is 24.8. The number of nitrogens with one attached hydrogen (secondary N) is 2. The van der Waals surface area contributed by atoms with Crippen molar-refractivity contribution in [2.24, 2.45) is 0 Å². The third kappa shape index (κ3) is 5.30. The van der Waals surface area contributed by atoms with Gasteiger partial charge in [0.05, 0.1) is 0 Å². The van der Waals surface area contributed by atoms with Gasteiger partial charge >= 0.3 is 0 Å². The molecule has 3 aromatic carbocycles. The Labute approximate surface area is 162 Å². The molecular formula is C22H17ClN2O2. The molecule has 3 aromatic rings. The minimum Gasteiger partial charge on any atom is -0.321 e. The Morgan fingerprint density at radius 3 is 2.00 bits per heavy atom. The van der Waals surface area contributed by atoms with Gasteiger partial charge in [0.2, 0.25) is 0 Å². The summed E-state index contributed by atoms with van der Waals surface area (Å²) in [5, 5.41) is 6.01. The van der Waals surface area contributed by atoms with E-state index >= 15 is 0 Å². The van der Waals surface area contributed by atoms with Crippen molar-refractivity contribution in [3.05, 3.63) is 107 Å². The van der Waals surface area contributed by atoms with Crippen molar-refractivity contribution in [3.8, 4) is 0 Å². The highest BCUT2D eigenvalue weighted by atomic mass is 35.5. The number of carbonyl (C=O) groups is 2. The van der Waals surface area contributed by atoms with Gasteiger partial charge in [0.25, 0.3) is 11.8 Å². The highest BCUT2D eigenvalue weighted by molar-refractivity contribution is 6.30. The predicted octanol–water partition coefficient (Wildman–Crippen LogP) is 4.75. The smallest absolute Gasteiger partial charge is 0.272 e. The zero-order chi connectivity index (χ0) is 19.1. The van der Waals surface area contributed by atoms with E-state index in [1.54, 1.807) is 42.5 Å². The summed E-state index contributed by atoms with van der Waals surface area (Å²) in [6.45, 7) is 0. The second-order valence-electron chi connectivity index (χ2n) is 5.75. The van der Waals surface area contributed by atoms with Crippen molar-refractivity contribution in [2.45, 2.75) is 0 Å². The molecule has 2 N–H and O–H groups in total. The van der Waals surface area contributed by atoms with Crippen LogP contribution in [0.5, 0.6) is 0 Å². The van der Waals surface area contributed by atoms with E-state index in [1.165, 1.54) is 0 Å². The molecule has 0 fully saturated rings. The Hall–Kier alpha value is -3.37. The van der Waals surface area contributed by atoms with Gasteiger partial charge in [0.15, 0.2) is 0 Å². The summed E-state index contributed by atoms with van der Waals surface area (Å²) in [4.78, 5) is 25.3. The van der Waals surface area contributed by atoms with E-state index in [4.69, 9.17) is 11.6 Å². The Bertz CT molecular complexity index is 953. The van der Waals surface area contributed by atoms with Crippen LogP contribution in [-0.4, -0.2) is 11.8 Å². The quantitative estimate of drug-likeness (QED) is 0.631. The fourth-order valence-electron chi connectivity index (χ4n) is 2.39. The highest BCUT2D eigenvalue weighted by Gasteiger charge is 2.15. The molecule has 0 unspecified atom stereocenters. The monoisotopic (exact) mass is 376 g/mol. The molecule has 2 amide bonds. The van der Waals surface area contributed by atoms with Gasteiger partial charge < -0.3 is 10.6 Å². The van der Waals surface area contributed by atoms with E-state index in [1.807, 2.05) is 48.5 Å². The fourth-order valence-corrected chi connectivity index (χ4v) is 2.52. The van der Waals surface area contributed by atoms with E-state index in [0.717, 1.165) is 5.56 Å². The van der Waals surface area contributed by atoms with Crippen LogP contribution < -0.4 is 10.6 Å². The fraction of sp³-hybridized carbons (Fsp3) is 0.